The third-order valence-corrected chi connectivity index (χ3v) is 5.51. The maximum absolute atomic E-state index is 12.8. The van der Waals surface area contributed by atoms with Crippen LogP contribution in [-0.2, 0) is 11.3 Å². The van der Waals surface area contributed by atoms with Crippen LogP contribution in [0, 0.1) is 0 Å². The van der Waals surface area contributed by atoms with Crippen molar-refractivity contribution in [3.63, 3.8) is 0 Å². The zero-order chi connectivity index (χ0) is 22.7. The van der Waals surface area contributed by atoms with Crippen molar-refractivity contribution < 1.29 is 9.53 Å². The van der Waals surface area contributed by atoms with Gasteiger partial charge in [-0.05, 0) is 50.6 Å². The van der Waals surface area contributed by atoms with Crippen LogP contribution in [0.5, 0.6) is 5.75 Å². The lowest BCUT2D eigenvalue weighted by Gasteiger charge is -2.17. The van der Waals surface area contributed by atoms with E-state index in [1.165, 1.54) is 9.08 Å². The van der Waals surface area contributed by atoms with E-state index in [4.69, 9.17) is 4.74 Å². The molecule has 0 bridgehead atoms. The zero-order valence-corrected chi connectivity index (χ0v) is 18.7. The first-order valence-corrected chi connectivity index (χ1v) is 11.0. The summed E-state index contributed by atoms with van der Waals surface area (Å²) in [7, 11) is 0. The van der Waals surface area contributed by atoms with Crippen LogP contribution in [0.25, 0.3) is 22.4 Å². The van der Waals surface area contributed by atoms with Gasteiger partial charge in [0.05, 0.1) is 12.3 Å². The Bertz CT molecular complexity index is 1280. The number of rotatable bonds is 9. The molecule has 0 aliphatic carbocycles. The summed E-state index contributed by atoms with van der Waals surface area (Å²) in [5.74, 6) is 0.698. The SMILES string of the molecule is CCCCOc1ccc(-c2cc3c4nn(CC(=O)N(CC)CC)c(=O)n4ccn3n2)cc1. The highest BCUT2D eigenvalue weighted by molar-refractivity contribution is 5.78. The Morgan fingerprint density at radius 3 is 2.50 bits per heavy atom. The molecule has 0 aliphatic rings. The quantitative estimate of drug-likeness (QED) is 0.377. The Balaban J connectivity index is 1.65. The molecule has 4 rings (SSSR count). The smallest absolute Gasteiger partial charge is 0.350 e. The third-order valence-electron chi connectivity index (χ3n) is 5.51. The van der Waals surface area contributed by atoms with Gasteiger partial charge in [-0.2, -0.15) is 5.10 Å². The molecule has 168 valence electrons. The number of amides is 1. The van der Waals surface area contributed by atoms with E-state index < -0.39 is 0 Å². The number of fused-ring (bicyclic) bond motifs is 3. The Morgan fingerprint density at radius 1 is 1.06 bits per heavy atom. The van der Waals surface area contributed by atoms with Gasteiger partial charge in [-0.3, -0.25) is 4.79 Å². The molecule has 3 aromatic heterocycles. The van der Waals surface area contributed by atoms with Crippen LogP contribution in [0.4, 0.5) is 0 Å². The van der Waals surface area contributed by atoms with Crippen molar-refractivity contribution in [3.8, 4) is 17.0 Å². The second-order valence-electron chi connectivity index (χ2n) is 7.58. The summed E-state index contributed by atoms with van der Waals surface area (Å²) in [5.41, 5.74) is 2.51. The molecule has 9 nitrogen and oxygen atoms in total. The minimum absolute atomic E-state index is 0.0885. The number of ether oxygens (including phenoxy) is 1. The standard InChI is InChI=1S/C23H28N6O3/c1-4-7-14-32-18-10-8-17(9-11-18)19-15-20-22-25-29(16-21(30)26(5-2)6-3)23(31)27(22)12-13-28(20)24-19/h8-13,15H,4-7,14,16H2,1-3H3. The highest BCUT2D eigenvalue weighted by Crippen LogP contribution is 2.24. The summed E-state index contributed by atoms with van der Waals surface area (Å²) in [6.45, 7) is 7.76. The molecular formula is C23H28N6O3. The fourth-order valence-corrected chi connectivity index (χ4v) is 3.64. The fourth-order valence-electron chi connectivity index (χ4n) is 3.64. The minimum atomic E-state index is -0.348. The van der Waals surface area contributed by atoms with Crippen LogP contribution in [0.2, 0.25) is 0 Å². The van der Waals surface area contributed by atoms with Crippen LogP contribution >= 0.6 is 0 Å². The lowest BCUT2D eigenvalue weighted by atomic mass is 10.1. The minimum Gasteiger partial charge on any atom is -0.494 e. The Labute approximate surface area is 185 Å². The zero-order valence-electron chi connectivity index (χ0n) is 18.7. The van der Waals surface area contributed by atoms with Crippen molar-refractivity contribution in [3.05, 3.63) is 53.2 Å². The first-order valence-electron chi connectivity index (χ1n) is 11.0. The summed E-state index contributed by atoms with van der Waals surface area (Å²) in [5, 5.41) is 9.06. The molecule has 4 aromatic rings. The molecule has 0 spiro atoms. The van der Waals surface area contributed by atoms with Gasteiger partial charge in [-0.25, -0.2) is 18.4 Å². The van der Waals surface area contributed by atoms with Gasteiger partial charge < -0.3 is 9.64 Å². The summed E-state index contributed by atoms with van der Waals surface area (Å²) < 4.78 is 10.1. The van der Waals surface area contributed by atoms with Gasteiger partial charge in [0.15, 0.2) is 5.65 Å². The van der Waals surface area contributed by atoms with Crippen LogP contribution in [-0.4, -0.2) is 54.3 Å². The number of hydrogen-bond acceptors (Lipinski definition) is 5. The largest absolute Gasteiger partial charge is 0.494 e. The maximum Gasteiger partial charge on any atom is 0.350 e. The summed E-state index contributed by atoms with van der Waals surface area (Å²) >= 11 is 0. The van der Waals surface area contributed by atoms with E-state index in [0.717, 1.165) is 29.8 Å². The number of hydrogen-bond donors (Lipinski definition) is 0. The fraction of sp³-hybridized carbons (Fsp3) is 0.391. The van der Waals surface area contributed by atoms with Gasteiger partial charge >= 0.3 is 5.69 Å². The summed E-state index contributed by atoms with van der Waals surface area (Å²) in [6, 6.07) is 9.69. The molecule has 3 heterocycles. The number of carbonyl (C=O) groups excluding carboxylic acids is 1. The topological polar surface area (TPSA) is 86.1 Å². The lowest BCUT2D eigenvalue weighted by molar-refractivity contribution is -0.131. The molecule has 32 heavy (non-hydrogen) atoms. The average Bonchev–Trinajstić information content (AvgIpc) is 3.37. The summed E-state index contributed by atoms with van der Waals surface area (Å²) in [4.78, 5) is 26.9. The van der Waals surface area contributed by atoms with Crippen LogP contribution in [0.1, 0.15) is 33.6 Å². The molecule has 0 aliphatic heterocycles. The van der Waals surface area contributed by atoms with Crippen molar-refractivity contribution in [1.29, 1.82) is 0 Å². The number of nitrogens with zero attached hydrogens (tertiary/aromatic N) is 6. The van der Waals surface area contributed by atoms with E-state index in [-0.39, 0.29) is 18.1 Å². The van der Waals surface area contributed by atoms with E-state index in [9.17, 15) is 9.59 Å². The maximum atomic E-state index is 12.8. The van der Waals surface area contributed by atoms with Crippen molar-refractivity contribution >= 4 is 17.1 Å². The Hall–Kier alpha value is -3.62. The lowest BCUT2D eigenvalue weighted by Crippen LogP contribution is -2.36. The number of aromatic nitrogens is 5. The monoisotopic (exact) mass is 436 g/mol. The number of benzene rings is 1. The van der Waals surface area contributed by atoms with Crippen LogP contribution < -0.4 is 10.4 Å². The molecule has 1 amide bonds. The first kappa shape index (κ1) is 21.6. The van der Waals surface area contributed by atoms with Crippen LogP contribution in [0.15, 0.2) is 47.5 Å². The molecule has 0 saturated carbocycles. The van der Waals surface area contributed by atoms with Crippen molar-refractivity contribution in [2.24, 2.45) is 0 Å². The van der Waals surface area contributed by atoms with Gasteiger partial charge in [0.1, 0.15) is 17.8 Å². The molecule has 0 atom stereocenters. The molecule has 0 radical (unpaired) electrons. The van der Waals surface area contributed by atoms with Crippen LogP contribution in [0.3, 0.4) is 0 Å². The van der Waals surface area contributed by atoms with Crippen molar-refractivity contribution in [2.75, 3.05) is 19.7 Å². The van der Waals surface area contributed by atoms with Gasteiger partial charge in [-0.1, -0.05) is 13.3 Å². The average molecular weight is 437 g/mol. The first-order chi connectivity index (χ1) is 15.5. The Kier molecular flexibility index (Phi) is 6.25. The van der Waals surface area contributed by atoms with Gasteiger partial charge in [0, 0.05) is 31.0 Å². The van der Waals surface area contributed by atoms with E-state index in [2.05, 4.69) is 17.1 Å². The van der Waals surface area contributed by atoms with Gasteiger partial charge in [0.2, 0.25) is 5.91 Å². The van der Waals surface area contributed by atoms with E-state index >= 15 is 0 Å². The highest BCUT2D eigenvalue weighted by atomic mass is 16.5. The molecule has 0 unspecified atom stereocenters. The number of likely N-dealkylation sites (N-methyl/N-ethyl adjacent to an activating group) is 1. The highest BCUT2D eigenvalue weighted by Gasteiger charge is 2.17. The molecule has 9 heteroatoms. The number of unbranched alkanes of at least 4 members (excludes halogenated alkanes) is 1. The van der Waals surface area contributed by atoms with Crippen molar-refractivity contribution in [1.82, 2.24) is 28.7 Å². The predicted molar refractivity (Wildman–Crippen MR) is 122 cm³/mol. The predicted octanol–water partition coefficient (Wildman–Crippen LogP) is 2.86. The second kappa shape index (κ2) is 9.25. The van der Waals surface area contributed by atoms with Gasteiger partial charge in [0.25, 0.3) is 0 Å². The molecule has 0 fully saturated rings. The van der Waals surface area contributed by atoms with E-state index in [1.54, 1.807) is 21.8 Å². The van der Waals surface area contributed by atoms with Crippen molar-refractivity contribution in [2.45, 2.75) is 40.2 Å². The molecule has 0 N–H and O–H groups in total. The molecule has 1 aromatic carbocycles. The normalized spacial score (nSPS) is 11.3. The van der Waals surface area contributed by atoms with E-state index in [1.807, 2.05) is 44.2 Å². The van der Waals surface area contributed by atoms with Gasteiger partial charge in [-0.15, -0.1) is 5.10 Å². The second-order valence-corrected chi connectivity index (χ2v) is 7.58. The van der Waals surface area contributed by atoms with E-state index in [0.29, 0.717) is 30.9 Å². The third kappa shape index (κ3) is 4.10. The molecule has 0 saturated heterocycles. The molecular weight excluding hydrogens is 408 g/mol. The Morgan fingerprint density at radius 2 is 1.81 bits per heavy atom. The summed E-state index contributed by atoms with van der Waals surface area (Å²) in [6.07, 6.45) is 5.46. The number of carbonyl (C=O) groups is 1.